The van der Waals surface area contributed by atoms with E-state index in [0.29, 0.717) is 11.6 Å². The van der Waals surface area contributed by atoms with E-state index in [-0.39, 0.29) is 12.5 Å². The number of amides is 1. The van der Waals surface area contributed by atoms with Crippen LogP contribution < -0.4 is 15.4 Å². The Kier molecular flexibility index (Phi) is 5.67. The molecular formula is C17H19ClN2O2. The van der Waals surface area contributed by atoms with Crippen LogP contribution in [0.5, 0.6) is 5.75 Å². The van der Waals surface area contributed by atoms with Crippen molar-refractivity contribution in [3.8, 4) is 5.75 Å². The van der Waals surface area contributed by atoms with Crippen molar-refractivity contribution >= 4 is 23.2 Å². The Morgan fingerprint density at radius 1 is 1.23 bits per heavy atom. The molecule has 0 aliphatic rings. The van der Waals surface area contributed by atoms with Crippen LogP contribution in [0.15, 0.2) is 42.5 Å². The minimum absolute atomic E-state index is 0.0813. The zero-order chi connectivity index (χ0) is 15.9. The fraction of sp³-hybridized carbons (Fsp3) is 0.235. The molecule has 116 valence electrons. The Morgan fingerprint density at radius 3 is 2.82 bits per heavy atom. The second-order valence-electron chi connectivity index (χ2n) is 4.94. The molecule has 0 atom stereocenters. The Labute approximate surface area is 135 Å². The van der Waals surface area contributed by atoms with E-state index in [9.17, 15) is 4.79 Å². The summed E-state index contributed by atoms with van der Waals surface area (Å²) < 4.78 is 5.15. The van der Waals surface area contributed by atoms with Crippen molar-refractivity contribution in [2.45, 2.75) is 13.5 Å². The van der Waals surface area contributed by atoms with E-state index in [1.165, 1.54) is 0 Å². The van der Waals surface area contributed by atoms with Crippen molar-refractivity contribution in [1.29, 1.82) is 0 Å². The SMILES string of the molecule is COc1cccc(CNC(=O)CNc2cc(Cl)ccc2C)c1. The summed E-state index contributed by atoms with van der Waals surface area (Å²) in [5, 5.41) is 6.60. The summed E-state index contributed by atoms with van der Waals surface area (Å²) >= 11 is 5.95. The highest BCUT2D eigenvalue weighted by molar-refractivity contribution is 6.30. The Hall–Kier alpha value is -2.20. The highest BCUT2D eigenvalue weighted by Crippen LogP contribution is 2.19. The highest BCUT2D eigenvalue weighted by Gasteiger charge is 2.04. The maximum absolute atomic E-state index is 11.9. The largest absolute Gasteiger partial charge is 0.497 e. The van der Waals surface area contributed by atoms with Crippen molar-refractivity contribution in [2.24, 2.45) is 0 Å². The number of halogens is 1. The van der Waals surface area contributed by atoms with Gasteiger partial charge < -0.3 is 15.4 Å². The predicted octanol–water partition coefficient (Wildman–Crippen LogP) is 3.39. The van der Waals surface area contributed by atoms with Crippen molar-refractivity contribution in [3.63, 3.8) is 0 Å². The Bertz CT molecular complexity index is 659. The summed E-state index contributed by atoms with van der Waals surface area (Å²) in [6.45, 7) is 2.63. The molecule has 0 spiro atoms. The number of nitrogens with one attached hydrogen (secondary N) is 2. The van der Waals surface area contributed by atoms with Gasteiger partial charge in [0.25, 0.3) is 0 Å². The fourth-order valence-corrected chi connectivity index (χ4v) is 2.18. The van der Waals surface area contributed by atoms with Crippen LogP contribution in [0.4, 0.5) is 5.69 Å². The molecule has 1 amide bonds. The zero-order valence-electron chi connectivity index (χ0n) is 12.7. The minimum atomic E-state index is -0.0813. The van der Waals surface area contributed by atoms with Crippen molar-refractivity contribution in [2.75, 3.05) is 19.0 Å². The fourth-order valence-electron chi connectivity index (χ4n) is 2.01. The van der Waals surface area contributed by atoms with E-state index in [4.69, 9.17) is 16.3 Å². The summed E-state index contributed by atoms with van der Waals surface area (Å²) in [4.78, 5) is 11.9. The molecule has 0 saturated heterocycles. The third-order valence-electron chi connectivity index (χ3n) is 3.26. The number of hydrogen-bond acceptors (Lipinski definition) is 3. The monoisotopic (exact) mass is 318 g/mol. The van der Waals surface area contributed by atoms with Gasteiger partial charge in [0.1, 0.15) is 5.75 Å². The average molecular weight is 319 g/mol. The molecular weight excluding hydrogens is 300 g/mol. The van der Waals surface area contributed by atoms with Crippen LogP contribution in [0, 0.1) is 6.92 Å². The molecule has 2 aromatic rings. The molecule has 0 aliphatic heterocycles. The van der Waals surface area contributed by atoms with Crippen LogP contribution in [-0.2, 0) is 11.3 Å². The van der Waals surface area contributed by atoms with Gasteiger partial charge in [0.05, 0.1) is 13.7 Å². The van der Waals surface area contributed by atoms with Crippen LogP contribution >= 0.6 is 11.6 Å². The molecule has 0 unspecified atom stereocenters. The molecule has 0 aromatic heterocycles. The third kappa shape index (κ3) is 4.67. The van der Waals surface area contributed by atoms with Crippen molar-refractivity contribution in [1.82, 2.24) is 5.32 Å². The number of anilines is 1. The summed E-state index contributed by atoms with van der Waals surface area (Å²) in [6.07, 6.45) is 0. The number of carbonyl (C=O) groups is 1. The summed E-state index contributed by atoms with van der Waals surface area (Å²) in [5.74, 6) is 0.696. The first-order valence-electron chi connectivity index (χ1n) is 6.98. The maximum Gasteiger partial charge on any atom is 0.239 e. The van der Waals surface area contributed by atoms with Gasteiger partial charge in [-0.25, -0.2) is 0 Å². The Balaban J connectivity index is 1.84. The maximum atomic E-state index is 11.9. The van der Waals surface area contributed by atoms with E-state index >= 15 is 0 Å². The van der Waals surface area contributed by atoms with Crippen LogP contribution in [0.25, 0.3) is 0 Å². The van der Waals surface area contributed by atoms with Crippen molar-refractivity contribution in [3.05, 3.63) is 58.6 Å². The normalized spacial score (nSPS) is 10.1. The van der Waals surface area contributed by atoms with Gasteiger partial charge in [-0.15, -0.1) is 0 Å². The predicted molar refractivity (Wildman–Crippen MR) is 89.5 cm³/mol. The van der Waals surface area contributed by atoms with E-state index in [2.05, 4.69) is 10.6 Å². The molecule has 4 nitrogen and oxygen atoms in total. The molecule has 0 aliphatic carbocycles. The molecule has 5 heteroatoms. The van der Waals surface area contributed by atoms with Gasteiger partial charge in [-0.1, -0.05) is 29.8 Å². The minimum Gasteiger partial charge on any atom is -0.497 e. The van der Waals surface area contributed by atoms with Gasteiger partial charge in [-0.05, 0) is 42.3 Å². The van der Waals surface area contributed by atoms with E-state index in [1.807, 2.05) is 49.4 Å². The van der Waals surface area contributed by atoms with Crippen LogP contribution in [0.1, 0.15) is 11.1 Å². The standard InChI is InChI=1S/C17H19ClN2O2/c1-12-6-7-14(18)9-16(12)19-11-17(21)20-10-13-4-3-5-15(8-13)22-2/h3-9,19H,10-11H2,1-2H3,(H,20,21). The number of benzene rings is 2. The van der Waals surface area contributed by atoms with E-state index in [0.717, 1.165) is 22.6 Å². The summed E-state index contributed by atoms with van der Waals surface area (Å²) in [5.41, 5.74) is 2.90. The third-order valence-corrected chi connectivity index (χ3v) is 3.50. The van der Waals surface area contributed by atoms with E-state index in [1.54, 1.807) is 7.11 Å². The van der Waals surface area contributed by atoms with Crippen LogP contribution in [0.3, 0.4) is 0 Å². The molecule has 0 saturated carbocycles. The molecule has 2 aromatic carbocycles. The molecule has 0 heterocycles. The zero-order valence-corrected chi connectivity index (χ0v) is 13.4. The van der Waals surface area contributed by atoms with Gasteiger partial charge in [0.2, 0.25) is 5.91 Å². The lowest BCUT2D eigenvalue weighted by Crippen LogP contribution is -2.29. The van der Waals surface area contributed by atoms with Crippen molar-refractivity contribution < 1.29 is 9.53 Å². The highest BCUT2D eigenvalue weighted by atomic mass is 35.5. The molecule has 22 heavy (non-hydrogen) atoms. The number of carbonyl (C=O) groups excluding carboxylic acids is 1. The lowest BCUT2D eigenvalue weighted by atomic mass is 10.2. The van der Waals surface area contributed by atoms with Gasteiger partial charge in [-0.2, -0.15) is 0 Å². The number of rotatable bonds is 6. The smallest absolute Gasteiger partial charge is 0.239 e. The van der Waals surface area contributed by atoms with Gasteiger partial charge >= 0.3 is 0 Å². The van der Waals surface area contributed by atoms with E-state index < -0.39 is 0 Å². The average Bonchev–Trinajstić information content (AvgIpc) is 2.54. The van der Waals surface area contributed by atoms with Crippen LogP contribution in [0.2, 0.25) is 5.02 Å². The van der Waals surface area contributed by atoms with Gasteiger partial charge in [-0.3, -0.25) is 4.79 Å². The first-order valence-corrected chi connectivity index (χ1v) is 7.36. The second-order valence-corrected chi connectivity index (χ2v) is 5.38. The first-order chi connectivity index (χ1) is 10.6. The number of hydrogen-bond donors (Lipinski definition) is 2. The second kappa shape index (κ2) is 7.71. The lowest BCUT2D eigenvalue weighted by Gasteiger charge is -2.11. The molecule has 2 rings (SSSR count). The molecule has 0 fully saturated rings. The summed E-state index contributed by atoms with van der Waals surface area (Å²) in [7, 11) is 1.62. The van der Waals surface area contributed by atoms with Gasteiger partial charge in [0.15, 0.2) is 0 Å². The number of aryl methyl sites for hydroxylation is 1. The molecule has 0 bridgehead atoms. The first kappa shape index (κ1) is 16.2. The Morgan fingerprint density at radius 2 is 2.05 bits per heavy atom. The van der Waals surface area contributed by atoms with Gasteiger partial charge in [0, 0.05) is 17.3 Å². The number of methoxy groups -OCH3 is 1. The topological polar surface area (TPSA) is 50.4 Å². The van der Waals surface area contributed by atoms with Crippen LogP contribution in [-0.4, -0.2) is 19.6 Å². The quantitative estimate of drug-likeness (QED) is 0.858. The molecule has 0 radical (unpaired) electrons. The number of ether oxygens (including phenoxy) is 1. The molecule has 2 N–H and O–H groups in total. The summed E-state index contributed by atoms with van der Waals surface area (Å²) in [6, 6.07) is 13.2. The lowest BCUT2D eigenvalue weighted by molar-refractivity contribution is -0.119.